The Hall–Kier alpha value is -2.14. The molecule has 0 atom stereocenters. The van der Waals surface area contributed by atoms with E-state index in [0.29, 0.717) is 18.7 Å². The molecule has 0 fully saturated rings. The van der Waals surface area contributed by atoms with Crippen LogP contribution in [0.4, 0.5) is 0 Å². The van der Waals surface area contributed by atoms with E-state index in [2.05, 4.69) is 6.07 Å². The molecule has 5 heteroatoms. The summed E-state index contributed by atoms with van der Waals surface area (Å²) in [5.74, 6) is -0.803. The average molecular weight is 329 g/mol. The van der Waals surface area contributed by atoms with Gasteiger partial charge in [0.15, 0.2) is 9.84 Å². The van der Waals surface area contributed by atoms with Crippen LogP contribution >= 0.6 is 0 Å². The second kappa shape index (κ2) is 6.16. The summed E-state index contributed by atoms with van der Waals surface area (Å²) in [6.45, 7) is 2.80. The number of carbonyl (C=O) groups excluding carboxylic acids is 1. The Bertz CT molecular complexity index is 843. The van der Waals surface area contributed by atoms with Gasteiger partial charge < -0.3 is 4.90 Å². The fourth-order valence-corrected chi connectivity index (χ4v) is 4.45. The molecule has 0 aliphatic carbocycles. The van der Waals surface area contributed by atoms with Crippen LogP contribution in [0.2, 0.25) is 0 Å². The van der Waals surface area contributed by atoms with Crippen molar-refractivity contribution in [2.24, 2.45) is 0 Å². The van der Waals surface area contributed by atoms with Crippen molar-refractivity contribution >= 4 is 15.7 Å². The van der Waals surface area contributed by atoms with E-state index >= 15 is 0 Å². The van der Waals surface area contributed by atoms with Gasteiger partial charge in [-0.05, 0) is 36.1 Å². The molecule has 0 saturated carbocycles. The average Bonchev–Trinajstić information content (AvgIpc) is 2.54. The molecule has 3 rings (SSSR count). The maximum atomic E-state index is 12.5. The SMILES string of the molecule is Cc1ccccc1S(=O)(=O)CC(=O)N1CCc2ccccc2C1. The third-order valence-corrected chi connectivity index (χ3v) is 5.98. The highest BCUT2D eigenvalue weighted by atomic mass is 32.2. The minimum Gasteiger partial charge on any atom is -0.337 e. The second-order valence-corrected chi connectivity index (χ2v) is 7.82. The molecule has 0 aromatic heterocycles. The van der Waals surface area contributed by atoms with Gasteiger partial charge in [0.25, 0.3) is 0 Å². The molecule has 0 saturated heterocycles. The summed E-state index contributed by atoms with van der Waals surface area (Å²) in [5.41, 5.74) is 3.00. The van der Waals surface area contributed by atoms with E-state index in [1.54, 1.807) is 36.1 Å². The zero-order valence-corrected chi connectivity index (χ0v) is 13.8. The zero-order chi connectivity index (χ0) is 16.4. The molecule has 1 amide bonds. The Labute approximate surface area is 136 Å². The number of benzene rings is 2. The first-order valence-electron chi connectivity index (χ1n) is 7.60. The topological polar surface area (TPSA) is 54.5 Å². The summed E-state index contributed by atoms with van der Waals surface area (Å²) in [4.78, 5) is 14.3. The molecule has 0 N–H and O–H groups in total. The van der Waals surface area contributed by atoms with Crippen LogP contribution < -0.4 is 0 Å². The second-order valence-electron chi connectivity index (χ2n) is 5.86. The van der Waals surface area contributed by atoms with Crippen molar-refractivity contribution in [1.29, 1.82) is 0 Å². The lowest BCUT2D eigenvalue weighted by Crippen LogP contribution is -2.39. The highest BCUT2D eigenvalue weighted by Crippen LogP contribution is 2.21. The van der Waals surface area contributed by atoms with Crippen LogP contribution in [-0.2, 0) is 27.6 Å². The summed E-state index contributed by atoms with van der Waals surface area (Å²) in [7, 11) is -3.61. The van der Waals surface area contributed by atoms with Crippen LogP contribution in [0.1, 0.15) is 16.7 Å². The van der Waals surface area contributed by atoms with Crippen LogP contribution in [0.25, 0.3) is 0 Å². The van der Waals surface area contributed by atoms with Crippen molar-refractivity contribution in [3.05, 3.63) is 65.2 Å². The minimum absolute atomic E-state index is 0.241. The minimum atomic E-state index is -3.61. The fourth-order valence-electron chi connectivity index (χ4n) is 2.95. The first-order valence-corrected chi connectivity index (χ1v) is 9.25. The van der Waals surface area contributed by atoms with Crippen molar-refractivity contribution in [3.63, 3.8) is 0 Å². The molecule has 0 spiro atoms. The number of fused-ring (bicyclic) bond motifs is 1. The lowest BCUT2D eigenvalue weighted by molar-refractivity contribution is -0.129. The molecule has 2 aromatic rings. The van der Waals surface area contributed by atoms with Gasteiger partial charge in [-0.2, -0.15) is 0 Å². The van der Waals surface area contributed by atoms with Gasteiger partial charge in [-0.3, -0.25) is 4.79 Å². The van der Waals surface area contributed by atoms with Crippen LogP contribution in [0.15, 0.2) is 53.4 Å². The lowest BCUT2D eigenvalue weighted by Gasteiger charge is -2.28. The van der Waals surface area contributed by atoms with E-state index in [4.69, 9.17) is 0 Å². The van der Waals surface area contributed by atoms with Gasteiger partial charge >= 0.3 is 0 Å². The Morgan fingerprint density at radius 1 is 1.04 bits per heavy atom. The molecule has 4 nitrogen and oxygen atoms in total. The zero-order valence-electron chi connectivity index (χ0n) is 13.0. The highest BCUT2D eigenvalue weighted by Gasteiger charge is 2.26. The Morgan fingerprint density at radius 3 is 2.43 bits per heavy atom. The molecule has 23 heavy (non-hydrogen) atoms. The van der Waals surface area contributed by atoms with Gasteiger partial charge in [0.1, 0.15) is 5.75 Å². The van der Waals surface area contributed by atoms with Crippen LogP contribution in [0, 0.1) is 6.92 Å². The Kier molecular flexibility index (Phi) is 4.22. The van der Waals surface area contributed by atoms with Gasteiger partial charge in [-0.1, -0.05) is 42.5 Å². The number of hydrogen-bond acceptors (Lipinski definition) is 3. The molecule has 0 radical (unpaired) electrons. The van der Waals surface area contributed by atoms with E-state index in [0.717, 1.165) is 12.0 Å². The number of carbonyl (C=O) groups is 1. The number of aryl methyl sites for hydroxylation is 1. The van der Waals surface area contributed by atoms with Crippen LogP contribution in [0.3, 0.4) is 0 Å². The summed E-state index contributed by atoms with van der Waals surface area (Å²) in [6.07, 6.45) is 0.770. The van der Waals surface area contributed by atoms with E-state index in [9.17, 15) is 13.2 Å². The lowest BCUT2D eigenvalue weighted by atomic mass is 10.00. The molecular formula is C18H19NO3S. The normalized spacial score (nSPS) is 14.4. The largest absolute Gasteiger partial charge is 0.337 e. The standard InChI is InChI=1S/C18H19NO3S/c1-14-6-2-5-9-17(14)23(21,22)13-18(20)19-11-10-15-7-3-4-8-16(15)12-19/h2-9H,10-13H2,1H3. The Balaban J connectivity index is 1.77. The smallest absolute Gasteiger partial charge is 0.238 e. The van der Waals surface area contributed by atoms with Gasteiger partial charge in [0.05, 0.1) is 4.90 Å². The summed E-state index contributed by atoms with van der Waals surface area (Å²) >= 11 is 0. The van der Waals surface area contributed by atoms with E-state index in [-0.39, 0.29) is 10.8 Å². The van der Waals surface area contributed by atoms with Crippen molar-refractivity contribution in [3.8, 4) is 0 Å². The quantitative estimate of drug-likeness (QED) is 0.868. The van der Waals surface area contributed by atoms with Crippen molar-refractivity contribution in [2.45, 2.75) is 24.8 Å². The number of sulfone groups is 1. The predicted molar refractivity (Wildman–Crippen MR) is 88.8 cm³/mol. The van der Waals surface area contributed by atoms with E-state index < -0.39 is 15.6 Å². The highest BCUT2D eigenvalue weighted by molar-refractivity contribution is 7.92. The van der Waals surface area contributed by atoms with Gasteiger partial charge in [-0.25, -0.2) is 8.42 Å². The molecule has 0 unspecified atom stereocenters. The first-order chi connectivity index (χ1) is 11.0. The molecule has 120 valence electrons. The first kappa shape index (κ1) is 15.7. The summed E-state index contributed by atoms with van der Waals surface area (Å²) in [5, 5.41) is 0. The summed E-state index contributed by atoms with van der Waals surface area (Å²) < 4.78 is 25.0. The molecule has 2 aromatic carbocycles. The molecule has 1 heterocycles. The predicted octanol–water partition coefficient (Wildman–Crippen LogP) is 2.35. The van der Waals surface area contributed by atoms with Crippen molar-refractivity contribution in [1.82, 2.24) is 4.90 Å². The van der Waals surface area contributed by atoms with Crippen molar-refractivity contribution < 1.29 is 13.2 Å². The Morgan fingerprint density at radius 2 is 1.70 bits per heavy atom. The molecule has 1 aliphatic rings. The maximum Gasteiger partial charge on any atom is 0.238 e. The molecular weight excluding hydrogens is 310 g/mol. The number of hydrogen-bond donors (Lipinski definition) is 0. The van der Waals surface area contributed by atoms with Gasteiger partial charge in [0, 0.05) is 13.1 Å². The van der Waals surface area contributed by atoms with Gasteiger partial charge in [-0.15, -0.1) is 0 Å². The van der Waals surface area contributed by atoms with Crippen molar-refractivity contribution in [2.75, 3.05) is 12.3 Å². The third-order valence-electron chi connectivity index (χ3n) is 4.23. The number of nitrogens with zero attached hydrogens (tertiary/aromatic N) is 1. The molecule has 1 aliphatic heterocycles. The van der Waals surface area contributed by atoms with Crippen LogP contribution in [0.5, 0.6) is 0 Å². The monoisotopic (exact) mass is 329 g/mol. The van der Waals surface area contributed by atoms with Gasteiger partial charge in [0.2, 0.25) is 5.91 Å². The van der Waals surface area contributed by atoms with E-state index in [1.807, 2.05) is 18.2 Å². The van der Waals surface area contributed by atoms with E-state index in [1.165, 1.54) is 5.56 Å². The maximum absolute atomic E-state index is 12.5. The number of rotatable bonds is 3. The molecule has 0 bridgehead atoms. The van der Waals surface area contributed by atoms with Crippen LogP contribution in [-0.4, -0.2) is 31.5 Å². The fraction of sp³-hybridized carbons (Fsp3) is 0.278. The summed E-state index contributed by atoms with van der Waals surface area (Å²) in [6, 6.07) is 14.7. The third kappa shape index (κ3) is 3.29. The number of amides is 1.